The average molecular weight is 467 g/mol. The summed E-state index contributed by atoms with van der Waals surface area (Å²) in [7, 11) is 0. The average Bonchev–Trinajstić information content (AvgIpc) is 3.35. The van der Waals surface area contributed by atoms with Gasteiger partial charge in [0.2, 0.25) is 0 Å². The Balaban J connectivity index is 1.66. The Morgan fingerprint density at radius 1 is 1.24 bits per heavy atom. The lowest BCUT2D eigenvalue weighted by molar-refractivity contribution is -0.385. The highest BCUT2D eigenvalue weighted by atomic mass is 16.6. The number of benzene rings is 2. The van der Waals surface area contributed by atoms with Crippen molar-refractivity contribution in [3.05, 3.63) is 75.9 Å². The molecular weight excluding hydrogens is 442 g/mol. The lowest BCUT2D eigenvalue weighted by Crippen LogP contribution is -2.44. The molecule has 1 fully saturated rings. The zero-order chi connectivity index (χ0) is 24.5. The third kappa shape index (κ3) is 4.02. The van der Waals surface area contributed by atoms with Crippen LogP contribution in [0.5, 0.6) is 0 Å². The number of aliphatic hydroxyl groups is 2. The molecule has 34 heavy (non-hydrogen) atoms. The molecule has 1 saturated heterocycles. The highest BCUT2D eigenvalue weighted by Gasteiger charge is 2.53. The molecule has 0 spiro atoms. The van der Waals surface area contributed by atoms with Crippen LogP contribution < -0.4 is 9.80 Å². The second-order valence-electron chi connectivity index (χ2n) is 8.28. The first-order chi connectivity index (χ1) is 16.3. The second-order valence-corrected chi connectivity index (χ2v) is 8.28. The van der Waals surface area contributed by atoms with E-state index in [0.717, 1.165) is 5.56 Å². The number of hydrogen-bond acceptors (Lipinski definition) is 7. The zero-order valence-electron chi connectivity index (χ0n) is 18.6. The molecule has 2 atom stereocenters. The predicted molar refractivity (Wildman–Crippen MR) is 123 cm³/mol. The van der Waals surface area contributed by atoms with Gasteiger partial charge in [0.25, 0.3) is 11.6 Å². The maximum Gasteiger partial charge on any atom is 0.414 e. The molecule has 0 unspecified atom stereocenters. The normalized spacial score (nSPS) is 20.7. The van der Waals surface area contributed by atoms with E-state index in [1.807, 2.05) is 0 Å². The molecule has 4 rings (SSSR count). The van der Waals surface area contributed by atoms with E-state index in [1.165, 1.54) is 28.0 Å². The molecule has 2 aliphatic heterocycles. The van der Waals surface area contributed by atoms with Gasteiger partial charge in [0.05, 0.1) is 23.7 Å². The van der Waals surface area contributed by atoms with Crippen LogP contribution in [0.1, 0.15) is 24.5 Å². The summed E-state index contributed by atoms with van der Waals surface area (Å²) >= 11 is 0. The van der Waals surface area contributed by atoms with Gasteiger partial charge in [-0.15, -0.1) is 0 Å². The Morgan fingerprint density at radius 2 is 1.97 bits per heavy atom. The fraction of sp³-hybridized carbons (Fsp3) is 0.333. The molecule has 2 aromatic carbocycles. The minimum Gasteiger partial charge on any atom is -0.447 e. The van der Waals surface area contributed by atoms with Crippen molar-refractivity contribution in [2.24, 2.45) is 5.92 Å². The Morgan fingerprint density at radius 3 is 2.59 bits per heavy atom. The van der Waals surface area contributed by atoms with Crippen LogP contribution >= 0.6 is 0 Å². The molecule has 10 heteroatoms. The van der Waals surface area contributed by atoms with Gasteiger partial charge >= 0.3 is 6.09 Å². The second kappa shape index (κ2) is 9.24. The van der Waals surface area contributed by atoms with Gasteiger partial charge < -0.3 is 19.8 Å². The molecule has 2 heterocycles. The summed E-state index contributed by atoms with van der Waals surface area (Å²) in [5, 5.41) is 32.0. The lowest BCUT2D eigenvalue weighted by Gasteiger charge is -2.27. The van der Waals surface area contributed by atoms with Crippen molar-refractivity contribution in [3.63, 3.8) is 0 Å². The minimum atomic E-state index is -1.99. The summed E-state index contributed by atoms with van der Waals surface area (Å²) < 4.78 is 4.96. The number of nitro benzene ring substituents is 1. The molecule has 0 saturated carbocycles. The first-order valence-corrected chi connectivity index (χ1v) is 10.9. The summed E-state index contributed by atoms with van der Waals surface area (Å²) in [5.74, 6) is -1.28. The number of carbonyl (C=O) groups is 2. The minimum absolute atomic E-state index is 0.0745. The van der Waals surface area contributed by atoms with Gasteiger partial charge in [0, 0.05) is 35.9 Å². The summed E-state index contributed by atoms with van der Waals surface area (Å²) in [5.41, 5.74) is -0.222. The molecule has 2 aliphatic rings. The highest BCUT2D eigenvalue weighted by Crippen LogP contribution is 2.47. The molecule has 0 bridgehead atoms. The number of hydrogen-bond donors (Lipinski definition) is 2. The first-order valence-electron chi connectivity index (χ1n) is 10.9. The first kappa shape index (κ1) is 23.4. The van der Waals surface area contributed by atoms with Gasteiger partial charge in [0.1, 0.15) is 6.61 Å². The summed E-state index contributed by atoms with van der Waals surface area (Å²) in [6.07, 6.45) is 3.24. The lowest BCUT2D eigenvalue weighted by atomic mass is 9.82. The fourth-order valence-corrected chi connectivity index (χ4v) is 4.31. The summed E-state index contributed by atoms with van der Waals surface area (Å²) in [4.78, 5) is 39.0. The van der Waals surface area contributed by atoms with E-state index < -0.39 is 28.4 Å². The van der Waals surface area contributed by atoms with Crippen LogP contribution in [0.2, 0.25) is 0 Å². The third-order valence-corrected chi connectivity index (χ3v) is 6.19. The molecule has 0 radical (unpaired) electrons. The zero-order valence-corrected chi connectivity index (χ0v) is 18.6. The highest BCUT2D eigenvalue weighted by molar-refractivity contribution is 6.07. The molecule has 10 nitrogen and oxygen atoms in total. The van der Waals surface area contributed by atoms with Gasteiger partial charge in [-0.25, -0.2) is 4.79 Å². The van der Waals surface area contributed by atoms with Crippen LogP contribution in [0.25, 0.3) is 0 Å². The summed E-state index contributed by atoms with van der Waals surface area (Å²) in [6.45, 7) is 2.50. The van der Waals surface area contributed by atoms with Crippen LogP contribution in [0.15, 0.2) is 54.6 Å². The Bertz CT molecular complexity index is 1150. The third-order valence-electron chi connectivity index (χ3n) is 6.19. The smallest absolute Gasteiger partial charge is 0.414 e. The number of nitrogens with zero attached hydrogens (tertiary/aromatic N) is 3. The number of non-ortho nitro benzene ring substituents is 1. The van der Waals surface area contributed by atoms with Crippen LogP contribution in [0, 0.1) is 16.0 Å². The predicted octanol–water partition coefficient (Wildman–Crippen LogP) is 2.86. The van der Waals surface area contributed by atoms with Gasteiger partial charge in [-0.3, -0.25) is 19.8 Å². The van der Waals surface area contributed by atoms with Crippen LogP contribution in [-0.4, -0.2) is 46.9 Å². The van der Waals surface area contributed by atoms with E-state index in [9.17, 15) is 24.8 Å². The molecular formula is C24H25N3O7. The SMILES string of the molecule is C[C@H](/C=C/CCO)[C@@]1(O)C(=O)N(Cc2ccc(N3CCOC3=O)cc2)c2ccc([N+](=O)[O-])cc21. The van der Waals surface area contributed by atoms with Crippen molar-refractivity contribution in [3.8, 4) is 0 Å². The Hall–Kier alpha value is -3.76. The van der Waals surface area contributed by atoms with Crippen molar-refractivity contribution in [2.75, 3.05) is 29.6 Å². The van der Waals surface area contributed by atoms with E-state index in [4.69, 9.17) is 9.84 Å². The van der Waals surface area contributed by atoms with E-state index in [2.05, 4.69) is 0 Å². The van der Waals surface area contributed by atoms with Crippen molar-refractivity contribution < 1.29 is 29.5 Å². The van der Waals surface area contributed by atoms with E-state index >= 15 is 0 Å². The Labute approximate surface area is 195 Å². The molecule has 0 aromatic heterocycles. The number of aliphatic hydroxyl groups excluding tert-OH is 1. The van der Waals surface area contributed by atoms with Gasteiger partial charge in [0.15, 0.2) is 5.60 Å². The topological polar surface area (TPSA) is 133 Å². The number of amides is 2. The Kier molecular flexibility index (Phi) is 6.36. The molecule has 0 aliphatic carbocycles. The van der Waals surface area contributed by atoms with Crippen molar-refractivity contribution >= 4 is 29.1 Å². The number of rotatable bonds is 8. The van der Waals surface area contributed by atoms with Crippen LogP contribution in [-0.2, 0) is 21.7 Å². The van der Waals surface area contributed by atoms with E-state index in [0.29, 0.717) is 30.9 Å². The quantitative estimate of drug-likeness (QED) is 0.346. The molecule has 178 valence electrons. The van der Waals surface area contributed by atoms with Crippen molar-refractivity contribution in [1.29, 1.82) is 0 Å². The standard InChI is InChI=1S/C24H25N3O7/c1-16(4-2-3-12-28)24(31)20-14-19(27(32)33)9-10-21(20)26(22(24)29)15-17-5-7-18(8-6-17)25-11-13-34-23(25)30/h2,4-10,14,16,28,31H,3,11-13,15H2,1H3/b4-2+/t16-,24+/m1/s1. The molecule has 2 N–H and O–H groups in total. The van der Waals surface area contributed by atoms with Crippen molar-refractivity contribution in [1.82, 2.24) is 0 Å². The number of ether oxygens (including phenoxy) is 1. The maximum atomic E-state index is 13.5. The number of cyclic esters (lactones) is 1. The number of carbonyl (C=O) groups excluding carboxylic acids is 2. The molecule has 2 aromatic rings. The van der Waals surface area contributed by atoms with E-state index in [-0.39, 0.29) is 24.4 Å². The van der Waals surface area contributed by atoms with Gasteiger partial charge in [-0.05, 0) is 30.2 Å². The largest absolute Gasteiger partial charge is 0.447 e. The van der Waals surface area contributed by atoms with E-state index in [1.54, 1.807) is 43.3 Å². The molecule has 2 amide bonds. The van der Waals surface area contributed by atoms with Gasteiger partial charge in [-0.1, -0.05) is 31.2 Å². The number of nitro groups is 1. The van der Waals surface area contributed by atoms with Crippen molar-refractivity contribution in [2.45, 2.75) is 25.5 Å². The van der Waals surface area contributed by atoms with Crippen LogP contribution in [0.3, 0.4) is 0 Å². The maximum absolute atomic E-state index is 13.5. The van der Waals surface area contributed by atoms with Crippen LogP contribution in [0.4, 0.5) is 21.9 Å². The fourth-order valence-electron chi connectivity index (χ4n) is 4.31. The van der Waals surface area contributed by atoms with Gasteiger partial charge in [-0.2, -0.15) is 0 Å². The number of fused-ring (bicyclic) bond motifs is 1. The number of anilines is 2. The monoisotopic (exact) mass is 467 g/mol. The summed E-state index contributed by atoms with van der Waals surface area (Å²) in [6, 6.07) is 11.1.